The Bertz CT molecular complexity index is 1520. The predicted molar refractivity (Wildman–Crippen MR) is 170 cm³/mol. The summed E-state index contributed by atoms with van der Waals surface area (Å²) in [5.74, 6) is -0.842. The van der Waals surface area contributed by atoms with Crippen LogP contribution in [-0.4, -0.2) is 11.8 Å². The summed E-state index contributed by atoms with van der Waals surface area (Å²) in [6.07, 6.45) is 0. The Kier molecular flexibility index (Phi) is 8.56. The number of carbonyl (C=O) groups is 2. The maximum absolute atomic E-state index is 14.0. The van der Waals surface area contributed by atoms with Gasteiger partial charge in [0.25, 0.3) is 11.8 Å². The molecule has 0 unspecified atom stereocenters. The minimum absolute atomic E-state index is 0.103. The van der Waals surface area contributed by atoms with Crippen molar-refractivity contribution in [1.29, 1.82) is 0 Å². The van der Waals surface area contributed by atoms with Crippen molar-refractivity contribution in [2.75, 3.05) is 5.32 Å². The summed E-state index contributed by atoms with van der Waals surface area (Å²) >= 11 is 5.19. The van der Waals surface area contributed by atoms with Crippen molar-refractivity contribution in [2.45, 2.75) is 0 Å². The van der Waals surface area contributed by atoms with E-state index in [0.717, 1.165) is 15.9 Å². The number of anilines is 1. The third kappa shape index (κ3) is 5.62. The summed E-state index contributed by atoms with van der Waals surface area (Å²) in [7, 11) is -2.74. The third-order valence-electron chi connectivity index (χ3n) is 6.51. The van der Waals surface area contributed by atoms with Gasteiger partial charge < -0.3 is 10.6 Å². The van der Waals surface area contributed by atoms with Gasteiger partial charge in [-0.3, -0.25) is 9.59 Å². The Labute approximate surface area is 240 Å². The summed E-state index contributed by atoms with van der Waals surface area (Å²) in [4.78, 5) is 27.6. The van der Waals surface area contributed by atoms with E-state index in [-0.39, 0.29) is 5.70 Å². The normalized spacial score (nSPS) is 11.7. The lowest BCUT2D eigenvalue weighted by atomic mass is 10.2. The van der Waals surface area contributed by atoms with Crippen LogP contribution < -0.4 is 26.5 Å². The molecule has 2 amide bonds. The second-order valence-electron chi connectivity index (χ2n) is 9.02. The number of benzene rings is 5. The molecule has 0 radical (unpaired) electrons. The molecule has 0 heterocycles. The molecular formula is C34H28N2O2PS+. The van der Waals surface area contributed by atoms with Crippen LogP contribution >= 0.6 is 19.9 Å². The van der Waals surface area contributed by atoms with Crippen molar-refractivity contribution in [3.8, 4) is 0 Å². The lowest BCUT2D eigenvalue weighted by molar-refractivity contribution is -0.113. The van der Waals surface area contributed by atoms with Crippen molar-refractivity contribution >= 4 is 53.3 Å². The summed E-state index contributed by atoms with van der Waals surface area (Å²) in [6.45, 7) is 0. The highest BCUT2D eigenvalue weighted by Crippen LogP contribution is 2.64. The van der Waals surface area contributed by atoms with Gasteiger partial charge in [0.05, 0.1) is 0 Å². The number of carbonyl (C=O) groups excluding carboxylic acids is 2. The van der Waals surface area contributed by atoms with Gasteiger partial charge in [0.15, 0.2) is 17.6 Å². The number of hydrogen-bond acceptors (Lipinski definition) is 3. The van der Waals surface area contributed by atoms with Gasteiger partial charge in [-0.15, -0.1) is 12.6 Å². The predicted octanol–water partition coefficient (Wildman–Crippen LogP) is 6.15. The van der Waals surface area contributed by atoms with Crippen LogP contribution in [0, 0.1) is 0 Å². The monoisotopic (exact) mass is 559 g/mol. The fraction of sp³-hybridized carbons (Fsp3) is 0. The van der Waals surface area contributed by atoms with E-state index in [1.165, 1.54) is 0 Å². The van der Waals surface area contributed by atoms with Crippen LogP contribution in [-0.2, 0) is 4.79 Å². The maximum atomic E-state index is 14.0. The highest BCUT2D eigenvalue weighted by molar-refractivity contribution is 8.11. The molecule has 0 aliphatic rings. The molecule has 0 bridgehead atoms. The maximum Gasteiger partial charge on any atom is 0.276 e. The Morgan fingerprint density at radius 1 is 0.525 bits per heavy atom. The van der Waals surface area contributed by atoms with Gasteiger partial charge in [0, 0.05) is 11.3 Å². The SMILES string of the molecule is O=C(Nc1ccccc1)C(NC(=O)c1ccccc1)=C(S)[P+](c1ccccc1)(c1ccccc1)c1ccccc1. The zero-order valence-electron chi connectivity index (χ0n) is 21.6. The smallest absolute Gasteiger partial charge is 0.276 e. The Hall–Kier alpha value is -4.44. The molecular weight excluding hydrogens is 531 g/mol. The van der Waals surface area contributed by atoms with Crippen molar-refractivity contribution in [3.05, 3.63) is 168 Å². The zero-order chi connectivity index (χ0) is 27.8. The minimum atomic E-state index is -2.74. The fourth-order valence-electron chi connectivity index (χ4n) is 4.64. The van der Waals surface area contributed by atoms with Gasteiger partial charge in [-0.2, -0.15) is 0 Å². The molecule has 5 aromatic rings. The molecule has 196 valence electrons. The molecule has 2 N–H and O–H groups in total. The molecule has 5 aromatic carbocycles. The first-order valence-electron chi connectivity index (χ1n) is 12.8. The molecule has 0 saturated heterocycles. The number of para-hydroxylation sites is 1. The first kappa shape index (κ1) is 27.1. The van der Waals surface area contributed by atoms with Crippen LogP contribution in [0.15, 0.2) is 162 Å². The van der Waals surface area contributed by atoms with Crippen LogP contribution in [0.25, 0.3) is 0 Å². The molecule has 4 nitrogen and oxygen atoms in total. The second kappa shape index (κ2) is 12.6. The van der Waals surface area contributed by atoms with Crippen LogP contribution in [0.4, 0.5) is 5.69 Å². The van der Waals surface area contributed by atoms with Crippen LogP contribution in [0.5, 0.6) is 0 Å². The van der Waals surface area contributed by atoms with Gasteiger partial charge in [-0.25, -0.2) is 0 Å². The zero-order valence-corrected chi connectivity index (χ0v) is 23.4. The fourth-order valence-corrected chi connectivity index (χ4v) is 9.82. The topological polar surface area (TPSA) is 58.2 Å². The minimum Gasteiger partial charge on any atom is -0.321 e. The Morgan fingerprint density at radius 2 is 0.900 bits per heavy atom. The second-order valence-corrected chi connectivity index (χ2v) is 13.2. The molecule has 0 aromatic heterocycles. The lowest BCUT2D eigenvalue weighted by Gasteiger charge is -2.28. The lowest BCUT2D eigenvalue weighted by Crippen LogP contribution is -2.37. The number of rotatable bonds is 8. The molecule has 0 aliphatic carbocycles. The van der Waals surface area contributed by atoms with Gasteiger partial charge in [-0.1, -0.05) is 91.0 Å². The molecule has 0 saturated carbocycles. The highest BCUT2D eigenvalue weighted by Gasteiger charge is 2.51. The summed E-state index contributed by atoms with van der Waals surface area (Å²) in [5, 5.41) is 8.94. The van der Waals surface area contributed by atoms with Gasteiger partial charge in [-0.05, 0) is 60.7 Å². The average Bonchev–Trinajstić information content (AvgIpc) is 3.02. The van der Waals surface area contributed by atoms with Crippen LogP contribution in [0.1, 0.15) is 10.4 Å². The van der Waals surface area contributed by atoms with Crippen LogP contribution in [0.3, 0.4) is 0 Å². The summed E-state index contributed by atoms with van der Waals surface area (Å²) in [6, 6.07) is 48.3. The third-order valence-corrected chi connectivity index (χ3v) is 11.7. The van der Waals surface area contributed by atoms with E-state index < -0.39 is 19.1 Å². The van der Waals surface area contributed by atoms with E-state index in [4.69, 9.17) is 12.6 Å². The van der Waals surface area contributed by atoms with E-state index in [1.54, 1.807) is 36.4 Å². The molecule has 0 aliphatic heterocycles. The van der Waals surface area contributed by atoms with Crippen molar-refractivity contribution in [3.63, 3.8) is 0 Å². The van der Waals surface area contributed by atoms with Gasteiger partial charge in [0.1, 0.15) is 15.9 Å². The van der Waals surface area contributed by atoms with E-state index in [1.807, 2.05) is 78.9 Å². The van der Waals surface area contributed by atoms with Gasteiger partial charge >= 0.3 is 0 Å². The van der Waals surface area contributed by atoms with E-state index >= 15 is 0 Å². The molecule has 0 fully saturated rings. The Morgan fingerprint density at radius 3 is 1.32 bits per heavy atom. The van der Waals surface area contributed by atoms with E-state index in [2.05, 4.69) is 47.0 Å². The molecule has 5 rings (SSSR count). The van der Waals surface area contributed by atoms with Crippen molar-refractivity contribution in [2.24, 2.45) is 0 Å². The number of amides is 2. The highest BCUT2D eigenvalue weighted by atomic mass is 32.1. The first-order chi connectivity index (χ1) is 19.6. The quantitative estimate of drug-likeness (QED) is 0.121. The standard InChI is InChI=1S/C34H27N2O2PS/c37-32(26-16-6-1-7-17-26)36-31(33(38)35-27-18-8-2-9-19-27)34(40)39(28-20-10-3-11-21-28,29-22-12-4-13-23-29)30-24-14-5-15-25-30/h1-25H,(H2-,35,36,37,38,40)/p+1. The van der Waals surface area contributed by atoms with Crippen molar-refractivity contribution < 1.29 is 9.59 Å². The van der Waals surface area contributed by atoms with E-state index in [0.29, 0.717) is 15.9 Å². The Balaban J connectivity index is 1.79. The largest absolute Gasteiger partial charge is 0.321 e. The number of hydrogen-bond donors (Lipinski definition) is 3. The van der Waals surface area contributed by atoms with Crippen LogP contribution in [0.2, 0.25) is 0 Å². The molecule has 0 atom stereocenters. The van der Waals surface area contributed by atoms with E-state index in [9.17, 15) is 9.59 Å². The van der Waals surface area contributed by atoms with Crippen molar-refractivity contribution in [1.82, 2.24) is 5.32 Å². The average molecular weight is 560 g/mol. The summed E-state index contributed by atoms with van der Waals surface area (Å²) in [5.41, 5.74) is 1.16. The summed E-state index contributed by atoms with van der Waals surface area (Å²) < 4.78 is 0.494. The number of thiol groups is 1. The van der Waals surface area contributed by atoms with Gasteiger partial charge in [0.2, 0.25) is 0 Å². The molecule has 40 heavy (non-hydrogen) atoms. The first-order valence-corrected chi connectivity index (χ1v) is 15.1. The number of nitrogens with one attached hydrogen (secondary N) is 2. The molecule has 0 spiro atoms. The molecule has 6 heteroatoms.